The van der Waals surface area contributed by atoms with E-state index >= 15 is 0 Å². The second-order valence-corrected chi connectivity index (χ2v) is 5.99. The molecule has 0 unspecified atom stereocenters. The second-order valence-electron chi connectivity index (χ2n) is 5.99. The summed E-state index contributed by atoms with van der Waals surface area (Å²) in [5.74, 6) is -0.117. The summed E-state index contributed by atoms with van der Waals surface area (Å²) in [6, 6.07) is 17.3. The molecule has 1 saturated heterocycles. The van der Waals surface area contributed by atoms with Gasteiger partial charge in [0.25, 0.3) is 0 Å². The Bertz CT molecular complexity index is 712. The van der Waals surface area contributed by atoms with Crippen LogP contribution in [0.15, 0.2) is 54.6 Å². The molecule has 1 heterocycles. The summed E-state index contributed by atoms with van der Waals surface area (Å²) >= 11 is 0. The van der Waals surface area contributed by atoms with Crippen LogP contribution < -0.4 is 5.32 Å². The SMILES string of the molecule is Cc1cccc(C[C@@H]2NC(=O)CN(Cc3ccccc3)C2=O)c1. The van der Waals surface area contributed by atoms with Gasteiger partial charge < -0.3 is 10.2 Å². The largest absolute Gasteiger partial charge is 0.342 e. The van der Waals surface area contributed by atoms with Crippen molar-refractivity contribution in [3.63, 3.8) is 0 Å². The van der Waals surface area contributed by atoms with Gasteiger partial charge in [-0.3, -0.25) is 9.59 Å². The summed E-state index contributed by atoms with van der Waals surface area (Å²) in [5, 5.41) is 2.82. The van der Waals surface area contributed by atoms with Crippen molar-refractivity contribution in [1.82, 2.24) is 10.2 Å². The quantitative estimate of drug-likeness (QED) is 0.940. The van der Waals surface area contributed by atoms with Crippen LogP contribution >= 0.6 is 0 Å². The summed E-state index contributed by atoms with van der Waals surface area (Å²) in [6.07, 6.45) is 0.525. The number of piperazine rings is 1. The normalized spacial score (nSPS) is 18.0. The fourth-order valence-corrected chi connectivity index (χ4v) is 2.92. The van der Waals surface area contributed by atoms with E-state index in [1.807, 2.05) is 55.5 Å². The van der Waals surface area contributed by atoms with Gasteiger partial charge in [-0.2, -0.15) is 0 Å². The predicted octanol–water partition coefficient (Wildman–Crippen LogP) is 2.06. The summed E-state index contributed by atoms with van der Waals surface area (Å²) in [6.45, 7) is 2.61. The molecule has 1 aliphatic heterocycles. The lowest BCUT2D eigenvalue weighted by atomic mass is 10.0. The number of hydrogen-bond donors (Lipinski definition) is 1. The second kappa shape index (κ2) is 6.65. The molecule has 1 fully saturated rings. The molecule has 0 radical (unpaired) electrons. The summed E-state index contributed by atoms with van der Waals surface area (Å²) in [7, 11) is 0. The van der Waals surface area contributed by atoms with Gasteiger partial charge in [0.05, 0.1) is 6.54 Å². The number of nitrogens with one attached hydrogen (secondary N) is 1. The van der Waals surface area contributed by atoms with Crippen molar-refractivity contribution in [3.8, 4) is 0 Å². The van der Waals surface area contributed by atoms with Crippen LogP contribution in [-0.4, -0.2) is 29.3 Å². The van der Waals surface area contributed by atoms with Crippen LogP contribution in [0.1, 0.15) is 16.7 Å². The molecule has 118 valence electrons. The van der Waals surface area contributed by atoms with Gasteiger partial charge in [0, 0.05) is 13.0 Å². The van der Waals surface area contributed by atoms with Crippen molar-refractivity contribution < 1.29 is 9.59 Å². The summed E-state index contributed by atoms with van der Waals surface area (Å²) in [4.78, 5) is 26.3. The molecular formula is C19H20N2O2. The number of rotatable bonds is 4. The van der Waals surface area contributed by atoms with E-state index in [-0.39, 0.29) is 18.4 Å². The van der Waals surface area contributed by atoms with Crippen LogP contribution in [0.25, 0.3) is 0 Å². The van der Waals surface area contributed by atoms with Crippen LogP contribution in [0.4, 0.5) is 0 Å². The third-order valence-electron chi connectivity index (χ3n) is 4.02. The lowest BCUT2D eigenvalue weighted by Gasteiger charge is -2.32. The van der Waals surface area contributed by atoms with Gasteiger partial charge in [-0.05, 0) is 18.1 Å². The predicted molar refractivity (Wildman–Crippen MR) is 88.7 cm³/mol. The van der Waals surface area contributed by atoms with E-state index in [1.54, 1.807) is 4.90 Å². The van der Waals surface area contributed by atoms with Crippen LogP contribution in [0.2, 0.25) is 0 Å². The zero-order valence-corrected chi connectivity index (χ0v) is 13.2. The number of hydrogen-bond acceptors (Lipinski definition) is 2. The van der Waals surface area contributed by atoms with Crippen LogP contribution in [0, 0.1) is 6.92 Å². The minimum absolute atomic E-state index is 0.0186. The van der Waals surface area contributed by atoms with Gasteiger partial charge in [0.1, 0.15) is 6.04 Å². The van der Waals surface area contributed by atoms with Gasteiger partial charge in [0.15, 0.2) is 0 Å². The van der Waals surface area contributed by atoms with Gasteiger partial charge in [0.2, 0.25) is 11.8 Å². The number of carbonyl (C=O) groups excluding carboxylic acids is 2. The number of aryl methyl sites for hydroxylation is 1. The van der Waals surface area contributed by atoms with Crippen LogP contribution in [-0.2, 0) is 22.6 Å². The molecule has 0 bridgehead atoms. The van der Waals surface area contributed by atoms with E-state index in [0.717, 1.165) is 16.7 Å². The smallest absolute Gasteiger partial charge is 0.246 e. The van der Waals surface area contributed by atoms with Crippen molar-refractivity contribution >= 4 is 11.8 Å². The highest BCUT2D eigenvalue weighted by molar-refractivity contribution is 5.95. The number of carbonyl (C=O) groups is 2. The third-order valence-corrected chi connectivity index (χ3v) is 4.02. The number of nitrogens with zero attached hydrogens (tertiary/aromatic N) is 1. The Labute approximate surface area is 136 Å². The number of amides is 2. The fourth-order valence-electron chi connectivity index (χ4n) is 2.92. The Morgan fingerprint density at radius 3 is 2.52 bits per heavy atom. The fraction of sp³-hybridized carbons (Fsp3) is 0.263. The molecule has 0 aliphatic carbocycles. The van der Waals surface area contributed by atoms with Gasteiger partial charge >= 0.3 is 0 Å². The minimum atomic E-state index is -0.484. The van der Waals surface area contributed by atoms with Crippen LogP contribution in [0.3, 0.4) is 0 Å². The Morgan fingerprint density at radius 1 is 1.04 bits per heavy atom. The molecule has 2 amide bonds. The topological polar surface area (TPSA) is 49.4 Å². The molecule has 2 aromatic rings. The van der Waals surface area contributed by atoms with Crippen molar-refractivity contribution in [2.45, 2.75) is 25.9 Å². The van der Waals surface area contributed by atoms with Crippen molar-refractivity contribution in [3.05, 3.63) is 71.3 Å². The maximum Gasteiger partial charge on any atom is 0.246 e. The average Bonchev–Trinajstić information content (AvgIpc) is 2.53. The van der Waals surface area contributed by atoms with E-state index in [4.69, 9.17) is 0 Å². The standard InChI is InChI=1S/C19H20N2O2/c1-14-6-5-9-16(10-14)11-17-19(23)21(13-18(22)20-17)12-15-7-3-2-4-8-15/h2-10,17H,11-13H2,1H3,(H,20,22)/t17-/m0/s1. The molecule has 0 spiro atoms. The maximum absolute atomic E-state index is 12.7. The van der Waals surface area contributed by atoms with E-state index < -0.39 is 6.04 Å². The van der Waals surface area contributed by atoms with Crippen molar-refractivity contribution in [1.29, 1.82) is 0 Å². The molecule has 3 rings (SSSR count). The van der Waals surface area contributed by atoms with Crippen LogP contribution in [0.5, 0.6) is 0 Å². The summed E-state index contributed by atoms with van der Waals surface area (Å²) < 4.78 is 0. The van der Waals surface area contributed by atoms with E-state index in [2.05, 4.69) is 11.4 Å². The molecule has 1 N–H and O–H groups in total. The lowest BCUT2D eigenvalue weighted by molar-refractivity contribution is -0.144. The number of benzene rings is 2. The molecule has 23 heavy (non-hydrogen) atoms. The molecule has 0 saturated carbocycles. The molecule has 4 heteroatoms. The highest BCUT2D eigenvalue weighted by Gasteiger charge is 2.32. The molecular weight excluding hydrogens is 288 g/mol. The molecule has 1 atom stereocenters. The first-order valence-electron chi connectivity index (χ1n) is 7.79. The first kappa shape index (κ1) is 15.3. The maximum atomic E-state index is 12.7. The molecule has 1 aliphatic rings. The van der Waals surface area contributed by atoms with E-state index in [9.17, 15) is 9.59 Å². The Hall–Kier alpha value is -2.62. The Morgan fingerprint density at radius 2 is 1.78 bits per heavy atom. The average molecular weight is 308 g/mol. The first-order valence-corrected chi connectivity index (χ1v) is 7.79. The monoisotopic (exact) mass is 308 g/mol. The van der Waals surface area contributed by atoms with E-state index in [1.165, 1.54) is 0 Å². The minimum Gasteiger partial charge on any atom is -0.342 e. The Balaban J connectivity index is 1.73. The van der Waals surface area contributed by atoms with Gasteiger partial charge in [-0.1, -0.05) is 60.2 Å². The zero-order chi connectivity index (χ0) is 16.2. The molecule has 4 nitrogen and oxygen atoms in total. The first-order chi connectivity index (χ1) is 11.1. The molecule has 2 aromatic carbocycles. The zero-order valence-electron chi connectivity index (χ0n) is 13.2. The molecule has 0 aromatic heterocycles. The van der Waals surface area contributed by atoms with Crippen molar-refractivity contribution in [2.75, 3.05) is 6.54 Å². The third kappa shape index (κ3) is 3.77. The van der Waals surface area contributed by atoms with Crippen molar-refractivity contribution in [2.24, 2.45) is 0 Å². The van der Waals surface area contributed by atoms with Gasteiger partial charge in [-0.25, -0.2) is 0 Å². The Kier molecular flexibility index (Phi) is 4.42. The highest BCUT2D eigenvalue weighted by atomic mass is 16.2. The lowest BCUT2D eigenvalue weighted by Crippen LogP contribution is -2.58. The highest BCUT2D eigenvalue weighted by Crippen LogP contribution is 2.14. The summed E-state index contributed by atoms with van der Waals surface area (Å²) in [5.41, 5.74) is 3.24. The van der Waals surface area contributed by atoms with E-state index in [0.29, 0.717) is 13.0 Å². The van der Waals surface area contributed by atoms with Gasteiger partial charge in [-0.15, -0.1) is 0 Å².